The number of aryl methyl sites for hydroxylation is 1. The number of nitrogens with one attached hydrogen (secondary N) is 1. The number of thiol groups is 1. The van der Waals surface area contributed by atoms with Gasteiger partial charge in [-0.2, -0.15) is 12.6 Å². The highest BCUT2D eigenvalue weighted by molar-refractivity contribution is 7.80. The van der Waals surface area contributed by atoms with Crippen LogP contribution in [0, 0.1) is 6.92 Å². The van der Waals surface area contributed by atoms with E-state index in [2.05, 4.69) is 43.1 Å². The number of fused-ring (bicyclic) bond motifs is 1. The van der Waals surface area contributed by atoms with E-state index in [0.29, 0.717) is 12.2 Å². The first-order valence-corrected chi connectivity index (χ1v) is 6.23. The van der Waals surface area contributed by atoms with Crippen molar-refractivity contribution in [1.29, 1.82) is 0 Å². The first-order valence-electron chi connectivity index (χ1n) is 5.60. The highest BCUT2D eigenvalue weighted by Gasteiger charge is 2.01. The van der Waals surface area contributed by atoms with Crippen LogP contribution in [0.2, 0.25) is 0 Å². The van der Waals surface area contributed by atoms with Gasteiger partial charge in [0.05, 0.1) is 0 Å². The van der Waals surface area contributed by atoms with Gasteiger partial charge in [0, 0.05) is 12.1 Å². The summed E-state index contributed by atoms with van der Waals surface area (Å²) < 4.78 is 0. The van der Waals surface area contributed by atoms with E-state index >= 15 is 0 Å². The molecular weight excluding hydrogens is 230 g/mol. The van der Waals surface area contributed by atoms with Crippen molar-refractivity contribution in [2.24, 2.45) is 0 Å². The first kappa shape index (κ1) is 12.0. The molecule has 88 valence electrons. The molecule has 2 aromatic rings. The number of carbonyl (C=O) groups is 1. The average Bonchev–Trinajstić information content (AvgIpc) is 2.29. The lowest BCUT2D eigenvalue weighted by Crippen LogP contribution is -2.11. The standard InChI is InChI=1S/C14H15NOS/c1-10-2-3-12-9-13(5-4-11(12)8-10)15-14(16)6-7-17/h2-5,8-9,17H,6-7H2,1H3,(H,15,16). The second-order valence-corrected chi connectivity index (χ2v) is 4.53. The molecule has 3 heteroatoms. The van der Waals surface area contributed by atoms with Gasteiger partial charge in [0.15, 0.2) is 0 Å². The summed E-state index contributed by atoms with van der Waals surface area (Å²) in [5.41, 5.74) is 2.08. The van der Waals surface area contributed by atoms with Crippen LogP contribution in [0.15, 0.2) is 36.4 Å². The van der Waals surface area contributed by atoms with Crippen LogP contribution in [0.1, 0.15) is 12.0 Å². The maximum atomic E-state index is 11.4. The summed E-state index contributed by atoms with van der Waals surface area (Å²) in [4.78, 5) is 11.4. The highest BCUT2D eigenvalue weighted by atomic mass is 32.1. The number of anilines is 1. The lowest BCUT2D eigenvalue weighted by molar-refractivity contribution is -0.115. The maximum Gasteiger partial charge on any atom is 0.225 e. The van der Waals surface area contributed by atoms with Crippen LogP contribution in [0.25, 0.3) is 10.8 Å². The lowest BCUT2D eigenvalue weighted by Gasteiger charge is -2.06. The van der Waals surface area contributed by atoms with Crippen LogP contribution in [0.4, 0.5) is 5.69 Å². The third kappa shape index (κ3) is 3.01. The SMILES string of the molecule is Cc1ccc2cc(NC(=O)CCS)ccc2c1. The molecule has 17 heavy (non-hydrogen) atoms. The van der Waals surface area contributed by atoms with Crippen molar-refractivity contribution in [2.45, 2.75) is 13.3 Å². The fraction of sp³-hybridized carbons (Fsp3) is 0.214. The smallest absolute Gasteiger partial charge is 0.225 e. The molecule has 0 saturated carbocycles. The summed E-state index contributed by atoms with van der Waals surface area (Å²) >= 11 is 4.04. The van der Waals surface area contributed by atoms with Gasteiger partial charge >= 0.3 is 0 Å². The Morgan fingerprint density at radius 3 is 2.65 bits per heavy atom. The van der Waals surface area contributed by atoms with Gasteiger partial charge in [0.2, 0.25) is 5.91 Å². The van der Waals surface area contributed by atoms with Gasteiger partial charge in [-0.1, -0.05) is 29.8 Å². The quantitative estimate of drug-likeness (QED) is 0.797. The number of hydrogen-bond acceptors (Lipinski definition) is 2. The van der Waals surface area contributed by atoms with Crippen molar-refractivity contribution < 1.29 is 4.79 Å². The Morgan fingerprint density at radius 1 is 1.18 bits per heavy atom. The van der Waals surface area contributed by atoms with Crippen LogP contribution in [-0.2, 0) is 4.79 Å². The van der Waals surface area contributed by atoms with E-state index in [0.717, 1.165) is 11.1 Å². The Hall–Kier alpha value is -1.48. The molecule has 0 heterocycles. The van der Waals surface area contributed by atoms with Gasteiger partial charge in [-0.25, -0.2) is 0 Å². The topological polar surface area (TPSA) is 29.1 Å². The summed E-state index contributed by atoms with van der Waals surface area (Å²) in [6.07, 6.45) is 0.440. The first-order chi connectivity index (χ1) is 8.19. The van der Waals surface area contributed by atoms with E-state index in [1.807, 2.05) is 18.2 Å². The monoisotopic (exact) mass is 245 g/mol. The summed E-state index contributed by atoms with van der Waals surface area (Å²) in [6.45, 7) is 2.07. The Morgan fingerprint density at radius 2 is 1.88 bits per heavy atom. The Balaban J connectivity index is 2.26. The van der Waals surface area contributed by atoms with E-state index in [1.54, 1.807) is 0 Å². The number of rotatable bonds is 3. The third-order valence-electron chi connectivity index (χ3n) is 2.62. The predicted molar refractivity (Wildman–Crippen MR) is 75.8 cm³/mol. The largest absolute Gasteiger partial charge is 0.326 e. The summed E-state index contributed by atoms with van der Waals surface area (Å²) in [7, 11) is 0. The predicted octanol–water partition coefficient (Wildman–Crippen LogP) is 3.41. The second-order valence-electron chi connectivity index (χ2n) is 4.09. The molecule has 0 aliphatic rings. The molecule has 0 unspecified atom stereocenters. The molecule has 1 amide bonds. The van der Waals surface area contributed by atoms with Crippen LogP contribution in [0.5, 0.6) is 0 Å². The minimum atomic E-state index is 0.00598. The Labute approximate surface area is 106 Å². The van der Waals surface area contributed by atoms with Gasteiger partial charge in [-0.15, -0.1) is 0 Å². The molecule has 2 nitrogen and oxygen atoms in total. The normalized spacial score (nSPS) is 10.5. The number of benzene rings is 2. The van der Waals surface area contributed by atoms with Crippen molar-refractivity contribution >= 4 is 35.0 Å². The summed E-state index contributed by atoms with van der Waals surface area (Å²) in [6, 6.07) is 12.2. The minimum absolute atomic E-state index is 0.00598. The van der Waals surface area contributed by atoms with Crippen molar-refractivity contribution in [3.8, 4) is 0 Å². The molecule has 0 spiro atoms. The minimum Gasteiger partial charge on any atom is -0.326 e. The molecule has 1 N–H and O–H groups in total. The number of amides is 1. The Kier molecular flexibility index (Phi) is 3.69. The van der Waals surface area contributed by atoms with Crippen molar-refractivity contribution in [2.75, 3.05) is 11.1 Å². The molecule has 0 bridgehead atoms. The molecule has 2 rings (SSSR count). The molecule has 0 fully saturated rings. The van der Waals surface area contributed by atoms with Gasteiger partial charge in [-0.05, 0) is 35.6 Å². The second kappa shape index (κ2) is 5.23. The summed E-state index contributed by atoms with van der Waals surface area (Å²) in [5, 5.41) is 5.19. The van der Waals surface area contributed by atoms with Gasteiger partial charge in [0.25, 0.3) is 0 Å². The summed E-state index contributed by atoms with van der Waals surface area (Å²) in [5.74, 6) is 0.574. The van der Waals surface area contributed by atoms with Gasteiger partial charge in [-0.3, -0.25) is 4.79 Å². The molecule has 0 saturated heterocycles. The van der Waals surface area contributed by atoms with E-state index in [9.17, 15) is 4.79 Å². The van der Waals surface area contributed by atoms with E-state index < -0.39 is 0 Å². The molecule has 0 radical (unpaired) electrons. The molecular formula is C14H15NOS. The molecule has 0 aromatic heterocycles. The van der Waals surface area contributed by atoms with Crippen LogP contribution in [-0.4, -0.2) is 11.7 Å². The van der Waals surface area contributed by atoms with Crippen molar-refractivity contribution in [3.05, 3.63) is 42.0 Å². The average molecular weight is 245 g/mol. The maximum absolute atomic E-state index is 11.4. The van der Waals surface area contributed by atoms with Gasteiger partial charge in [0.1, 0.15) is 0 Å². The molecule has 2 aromatic carbocycles. The van der Waals surface area contributed by atoms with E-state index in [-0.39, 0.29) is 5.91 Å². The molecule has 0 aliphatic heterocycles. The highest BCUT2D eigenvalue weighted by Crippen LogP contribution is 2.20. The van der Waals surface area contributed by atoms with E-state index in [4.69, 9.17) is 0 Å². The zero-order valence-electron chi connectivity index (χ0n) is 9.73. The zero-order valence-corrected chi connectivity index (χ0v) is 10.6. The van der Waals surface area contributed by atoms with Crippen molar-refractivity contribution in [3.63, 3.8) is 0 Å². The number of hydrogen-bond donors (Lipinski definition) is 2. The molecule has 0 atom stereocenters. The third-order valence-corrected chi connectivity index (χ3v) is 2.84. The lowest BCUT2D eigenvalue weighted by atomic mass is 10.1. The number of carbonyl (C=O) groups excluding carboxylic acids is 1. The van der Waals surface area contributed by atoms with Crippen LogP contribution >= 0.6 is 12.6 Å². The Bertz CT molecular complexity index is 551. The fourth-order valence-electron chi connectivity index (χ4n) is 1.77. The fourth-order valence-corrected chi connectivity index (χ4v) is 1.97. The van der Waals surface area contributed by atoms with E-state index in [1.165, 1.54) is 10.9 Å². The van der Waals surface area contributed by atoms with Crippen molar-refractivity contribution in [1.82, 2.24) is 0 Å². The van der Waals surface area contributed by atoms with Crippen LogP contribution in [0.3, 0.4) is 0 Å². The molecule has 0 aliphatic carbocycles. The van der Waals surface area contributed by atoms with Gasteiger partial charge < -0.3 is 5.32 Å². The van der Waals surface area contributed by atoms with Crippen LogP contribution < -0.4 is 5.32 Å². The zero-order chi connectivity index (χ0) is 12.3.